The third-order valence-electron chi connectivity index (χ3n) is 5.59. The normalized spacial score (nSPS) is 38.2. The third kappa shape index (κ3) is 2.33. The molecule has 18 heavy (non-hydrogen) atoms. The van der Waals surface area contributed by atoms with Crippen molar-refractivity contribution in [1.82, 2.24) is 9.80 Å². The highest BCUT2D eigenvalue weighted by molar-refractivity contribution is 5.04. The fourth-order valence-corrected chi connectivity index (χ4v) is 3.78. The van der Waals surface area contributed by atoms with Crippen LogP contribution in [-0.4, -0.2) is 54.1 Å². The molecule has 0 bridgehead atoms. The zero-order valence-corrected chi connectivity index (χ0v) is 12.1. The molecule has 0 aromatic carbocycles. The number of piperidine rings is 1. The van der Waals surface area contributed by atoms with Gasteiger partial charge < -0.3 is 5.73 Å². The van der Waals surface area contributed by atoms with Crippen molar-refractivity contribution >= 4 is 0 Å². The van der Waals surface area contributed by atoms with Gasteiger partial charge in [0.2, 0.25) is 0 Å². The van der Waals surface area contributed by atoms with Gasteiger partial charge in [-0.25, -0.2) is 0 Å². The largest absolute Gasteiger partial charge is 0.329 e. The fourth-order valence-electron chi connectivity index (χ4n) is 3.78. The van der Waals surface area contributed by atoms with Crippen molar-refractivity contribution in [2.75, 3.05) is 32.7 Å². The molecule has 3 fully saturated rings. The van der Waals surface area contributed by atoms with Crippen LogP contribution in [0, 0.1) is 5.41 Å². The molecule has 3 nitrogen and oxygen atoms in total. The van der Waals surface area contributed by atoms with Crippen LogP contribution in [0.2, 0.25) is 0 Å². The molecule has 2 N–H and O–H groups in total. The second kappa shape index (κ2) is 4.46. The molecule has 0 radical (unpaired) electrons. The Balaban J connectivity index is 1.65. The van der Waals surface area contributed by atoms with Crippen LogP contribution in [-0.2, 0) is 0 Å². The molecular weight excluding hydrogens is 222 g/mol. The highest BCUT2D eigenvalue weighted by Gasteiger charge is 2.46. The van der Waals surface area contributed by atoms with Crippen LogP contribution in [0.1, 0.15) is 46.0 Å². The van der Waals surface area contributed by atoms with E-state index in [0.717, 1.165) is 12.6 Å². The van der Waals surface area contributed by atoms with Gasteiger partial charge in [0.1, 0.15) is 0 Å². The first-order valence-electron chi connectivity index (χ1n) is 7.74. The molecule has 1 unspecified atom stereocenters. The minimum Gasteiger partial charge on any atom is -0.329 e. The number of likely N-dealkylation sites (tertiary alicyclic amines) is 2. The lowest BCUT2D eigenvalue weighted by molar-refractivity contribution is 0.0366. The Kier molecular flexibility index (Phi) is 3.20. The average molecular weight is 251 g/mol. The van der Waals surface area contributed by atoms with E-state index in [9.17, 15) is 0 Å². The maximum absolute atomic E-state index is 6.18. The fraction of sp³-hybridized carbons (Fsp3) is 1.00. The van der Waals surface area contributed by atoms with Gasteiger partial charge in [-0.3, -0.25) is 9.80 Å². The second-order valence-corrected chi connectivity index (χ2v) is 7.53. The van der Waals surface area contributed by atoms with Crippen molar-refractivity contribution in [3.63, 3.8) is 0 Å². The second-order valence-electron chi connectivity index (χ2n) is 7.53. The van der Waals surface area contributed by atoms with E-state index in [1.54, 1.807) is 0 Å². The molecule has 0 spiro atoms. The minimum absolute atomic E-state index is 0.305. The van der Waals surface area contributed by atoms with Crippen molar-refractivity contribution < 1.29 is 0 Å². The molecule has 1 aliphatic carbocycles. The first-order valence-corrected chi connectivity index (χ1v) is 7.74. The van der Waals surface area contributed by atoms with Crippen LogP contribution in [0.25, 0.3) is 0 Å². The SMILES string of the molecule is CC1(C)CCN(C2(CN)CCN(C3CC3)C2)CC1. The molecule has 2 aliphatic heterocycles. The Morgan fingerprint density at radius 1 is 1.06 bits per heavy atom. The van der Waals surface area contributed by atoms with Gasteiger partial charge in [-0.05, 0) is 50.6 Å². The van der Waals surface area contributed by atoms with Gasteiger partial charge in [0.15, 0.2) is 0 Å². The number of nitrogens with two attached hydrogens (primary N) is 1. The van der Waals surface area contributed by atoms with Gasteiger partial charge in [-0.15, -0.1) is 0 Å². The number of hydrogen-bond acceptors (Lipinski definition) is 3. The van der Waals surface area contributed by atoms with Crippen LogP contribution in [0.15, 0.2) is 0 Å². The number of nitrogens with zero attached hydrogens (tertiary/aromatic N) is 2. The van der Waals surface area contributed by atoms with Gasteiger partial charge in [0.05, 0.1) is 0 Å². The first-order chi connectivity index (χ1) is 8.55. The molecule has 1 saturated carbocycles. The summed E-state index contributed by atoms with van der Waals surface area (Å²) in [6, 6.07) is 0.902. The van der Waals surface area contributed by atoms with Crippen molar-refractivity contribution in [2.24, 2.45) is 11.1 Å². The van der Waals surface area contributed by atoms with Crippen LogP contribution in [0.5, 0.6) is 0 Å². The summed E-state index contributed by atoms with van der Waals surface area (Å²) in [7, 11) is 0. The monoisotopic (exact) mass is 251 g/mol. The summed E-state index contributed by atoms with van der Waals surface area (Å²) in [4.78, 5) is 5.42. The van der Waals surface area contributed by atoms with Crippen molar-refractivity contribution in [3.05, 3.63) is 0 Å². The Bertz CT molecular complexity index is 301. The first kappa shape index (κ1) is 12.9. The molecule has 0 aromatic heterocycles. The van der Waals surface area contributed by atoms with Crippen LogP contribution >= 0.6 is 0 Å². The van der Waals surface area contributed by atoms with E-state index in [4.69, 9.17) is 5.73 Å². The van der Waals surface area contributed by atoms with Crippen molar-refractivity contribution in [2.45, 2.75) is 57.5 Å². The lowest BCUT2D eigenvalue weighted by Crippen LogP contribution is -2.58. The minimum atomic E-state index is 0.305. The predicted octanol–water partition coefficient (Wildman–Crippen LogP) is 1.67. The molecule has 3 aliphatic rings. The van der Waals surface area contributed by atoms with E-state index >= 15 is 0 Å². The van der Waals surface area contributed by atoms with E-state index in [-0.39, 0.29) is 0 Å². The highest BCUT2D eigenvalue weighted by atomic mass is 15.3. The number of rotatable bonds is 3. The standard InChI is InChI=1S/C15H29N3/c1-14(2)5-9-18(10-6-14)15(11-16)7-8-17(12-15)13-3-4-13/h13H,3-12,16H2,1-2H3. The molecule has 2 heterocycles. The smallest absolute Gasteiger partial charge is 0.0470 e. The van der Waals surface area contributed by atoms with E-state index in [2.05, 4.69) is 23.6 Å². The summed E-state index contributed by atoms with van der Waals surface area (Å²) in [6.07, 6.45) is 6.80. The summed E-state index contributed by atoms with van der Waals surface area (Å²) < 4.78 is 0. The Labute approximate surface area is 112 Å². The van der Waals surface area contributed by atoms with Crippen LogP contribution < -0.4 is 5.73 Å². The third-order valence-corrected chi connectivity index (χ3v) is 5.59. The molecular formula is C15H29N3. The summed E-state index contributed by atoms with van der Waals surface area (Å²) in [5.41, 5.74) is 7.03. The molecule has 0 aromatic rings. The van der Waals surface area contributed by atoms with Crippen LogP contribution in [0.4, 0.5) is 0 Å². The topological polar surface area (TPSA) is 32.5 Å². The van der Waals surface area contributed by atoms with Gasteiger partial charge in [0, 0.05) is 31.2 Å². The van der Waals surface area contributed by atoms with E-state index in [1.807, 2.05) is 0 Å². The van der Waals surface area contributed by atoms with Crippen molar-refractivity contribution in [3.8, 4) is 0 Å². The zero-order chi connectivity index (χ0) is 12.8. The Morgan fingerprint density at radius 2 is 1.72 bits per heavy atom. The Morgan fingerprint density at radius 3 is 2.28 bits per heavy atom. The summed E-state index contributed by atoms with van der Waals surface area (Å²) in [5.74, 6) is 0. The lowest BCUT2D eigenvalue weighted by atomic mass is 9.80. The lowest BCUT2D eigenvalue weighted by Gasteiger charge is -2.46. The Hall–Kier alpha value is -0.120. The van der Waals surface area contributed by atoms with E-state index in [1.165, 1.54) is 58.3 Å². The quantitative estimate of drug-likeness (QED) is 0.828. The molecule has 3 heteroatoms. The average Bonchev–Trinajstić information content (AvgIpc) is 3.10. The zero-order valence-electron chi connectivity index (χ0n) is 12.1. The van der Waals surface area contributed by atoms with Crippen molar-refractivity contribution in [1.29, 1.82) is 0 Å². The summed E-state index contributed by atoms with van der Waals surface area (Å²) >= 11 is 0. The van der Waals surface area contributed by atoms with Gasteiger partial charge in [0.25, 0.3) is 0 Å². The molecule has 3 rings (SSSR count). The molecule has 2 saturated heterocycles. The molecule has 104 valence electrons. The van der Waals surface area contributed by atoms with E-state index in [0.29, 0.717) is 11.0 Å². The van der Waals surface area contributed by atoms with Gasteiger partial charge in [-0.2, -0.15) is 0 Å². The molecule has 1 atom stereocenters. The summed E-state index contributed by atoms with van der Waals surface area (Å²) in [6.45, 7) is 10.7. The van der Waals surface area contributed by atoms with Gasteiger partial charge in [-0.1, -0.05) is 13.8 Å². The maximum atomic E-state index is 6.18. The van der Waals surface area contributed by atoms with Crippen LogP contribution in [0.3, 0.4) is 0 Å². The predicted molar refractivity (Wildman–Crippen MR) is 75.6 cm³/mol. The van der Waals surface area contributed by atoms with E-state index < -0.39 is 0 Å². The molecule has 0 amide bonds. The number of hydrogen-bond donors (Lipinski definition) is 1. The maximum Gasteiger partial charge on any atom is 0.0470 e. The highest BCUT2D eigenvalue weighted by Crippen LogP contribution is 2.39. The summed E-state index contributed by atoms with van der Waals surface area (Å²) in [5, 5.41) is 0. The van der Waals surface area contributed by atoms with Gasteiger partial charge >= 0.3 is 0 Å².